The van der Waals surface area contributed by atoms with Crippen LogP contribution >= 0.6 is 11.6 Å². The number of nitrogens with one attached hydrogen (secondary N) is 1. The molecule has 0 aromatic heterocycles. The Hall–Kier alpha value is -2.00. The molecule has 0 aliphatic heterocycles. The Labute approximate surface area is 135 Å². The summed E-state index contributed by atoms with van der Waals surface area (Å²) in [6, 6.07) is 13.2. The summed E-state index contributed by atoms with van der Waals surface area (Å²) < 4.78 is 0. The zero-order chi connectivity index (χ0) is 15.9. The lowest BCUT2D eigenvalue weighted by Crippen LogP contribution is -2.26. The average molecular weight is 318 g/mol. The first-order valence-corrected chi connectivity index (χ1v) is 7.72. The quantitative estimate of drug-likeness (QED) is 0.799. The van der Waals surface area contributed by atoms with Crippen molar-refractivity contribution < 1.29 is 9.90 Å². The molecule has 0 bridgehead atoms. The highest BCUT2D eigenvalue weighted by Gasteiger charge is 2.05. The summed E-state index contributed by atoms with van der Waals surface area (Å²) in [7, 11) is 0. The summed E-state index contributed by atoms with van der Waals surface area (Å²) in [6.45, 7) is 2.73. The Morgan fingerprint density at radius 1 is 1.18 bits per heavy atom. The van der Waals surface area contributed by atoms with Crippen molar-refractivity contribution in [1.29, 1.82) is 0 Å². The van der Waals surface area contributed by atoms with Gasteiger partial charge in [0.1, 0.15) is 5.75 Å². The summed E-state index contributed by atoms with van der Waals surface area (Å²) in [4.78, 5) is 11.9. The number of benzene rings is 2. The largest absolute Gasteiger partial charge is 0.506 e. The molecule has 2 aromatic carbocycles. The number of rotatable bonds is 6. The lowest BCUT2D eigenvalue weighted by atomic mass is 10.1. The monoisotopic (exact) mass is 317 g/mol. The molecule has 2 aromatic rings. The molecule has 1 amide bonds. The zero-order valence-corrected chi connectivity index (χ0v) is 13.4. The van der Waals surface area contributed by atoms with Gasteiger partial charge in [-0.1, -0.05) is 47.5 Å². The van der Waals surface area contributed by atoms with Crippen LogP contribution < -0.4 is 5.32 Å². The summed E-state index contributed by atoms with van der Waals surface area (Å²) in [5.74, 6) is -0.00465. The van der Waals surface area contributed by atoms with Gasteiger partial charge in [-0.05, 0) is 43.0 Å². The topological polar surface area (TPSA) is 49.3 Å². The van der Waals surface area contributed by atoms with Crippen molar-refractivity contribution >= 4 is 17.5 Å². The first-order chi connectivity index (χ1) is 10.5. The predicted octanol–water partition coefficient (Wildman–Crippen LogP) is 3.65. The van der Waals surface area contributed by atoms with Crippen LogP contribution in [0.1, 0.15) is 23.1 Å². The molecule has 116 valence electrons. The van der Waals surface area contributed by atoms with Crippen molar-refractivity contribution in [1.82, 2.24) is 5.32 Å². The number of hydrogen-bond acceptors (Lipinski definition) is 2. The van der Waals surface area contributed by atoms with Gasteiger partial charge in [0.2, 0.25) is 5.91 Å². The maximum Gasteiger partial charge on any atom is 0.224 e. The van der Waals surface area contributed by atoms with Crippen LogP contribution in [0.2, 0.25) is 5.02 Å². The van der Waals surface area contributed by atoms with Gasteiger partial charge in [-0.2, -0.15) is 0 Å². The number of amides is 1. The van der Waals surface area contributed by atoms with Gasteiger partial charge in [0.25, 0.3) is 0 Å². The summed E-state index contributed by atoms with van der Waals surface area (Å²) in [5, 5.41) is 12.5. The molecule has 4 heteroatoms. The second kappa shape index (κ2) is 7.85. The number of phenols is 1. The maximum atomic E-state index is 11.9. The van der Waals surface area contributed by atoms with E-state index in [0.29, 0.717) is 6.54 Å². The van der Waals surface area contributed by atoms with Gasteiger partial charge in [0.15, 0.2) is 0 Å². The molecule has 0 fully saturated rings. The maximum absolute atomic E-state index is 11.9. The number of phenolic OH excluding ortho intramolecular Hbond substituents is 1. The third-order valence-electron chi connectivity index (χ3n) is 3.42. The molecule has 0 saturated heterocycles. The molecular weight excluding hydrogens is 298 g/mol. The van der Waals surface area contributed by atoms with Gasteiger partial charge in [-0.25, -0.2) is 0 Å². The van der Waals surface area contributed by atoms with Crippen LogP contribution in [0.25, 0.3) is 0 Å². The Kier molecular flexibility index (Phi) is 5.84. The predicted molar refractivity (Wildman–Crippen MR) is 89.3 cm³/mol. The van der Waals surface area contributed by atoms with E-state index in [4.69, 9.17) is 11.6 Å². The number of hydrogen-bond donors (Lipinski definition) is 2. The molecule has 0 unspecified atom stereocenters. The SMILES string of the molecule is Cc1cccc(CCCNC(=O)Cc2ccc(O)c(Cl)c2)c1. The first kappa shape index (κ1) is 16.4. The molecule has 0 atom stereocenters. The standard InChI is InChI=1S/C18H20ClNO2/c1-13-4-2-5-14(10-13)6-3-9-20-18(22)12-15-7-8-17(21)16(19)11-15/h2,4-5,7-8,10-11,21H,3,6,9,12H2,1H3,(H,20,22). The highest BCUT2D eigenvalue weighted by molar-refractivity contribution is 6.32. The highest BCUT2D eigenvalue weighted by atomic mass is 35.5. The van der Waals surface area contributed by atoms with E-state index in [9.17, 15) is 9.90 Å². The van der Waals surface area contributed by atoms with E-state index in [0.717, 1.165) is 18.4 Å². The zero-order valence-electron chi connectivity index (χ0n) is 12.6. The van der Waals surface area contributed by atoms with E-state index in [1.165, 1.54) is 17.2 Å². The van der Waals surface area contributed by atoms with Crippen LogP contribution in [0, 0.1) is 6.92 Å². The van der Waals surface area contributed by atoms with Crippen molar-refractivity contribution in [3.05, 3.63) is 64.2 Å². The fraction of sp³-hybridized carbons (Fsp3) is 0.278. The van der Waals surface area contributed by atoms with Gasteiger partial charge in [0.05, 0.1) is 11.4 Å². The van der Waals surface area contributed by atoms with Gasteiger partial charge in [-0.3, -0.25) is 4.79 Å². The van der Waals surface area contributed by atoms with Crippen LogP contribution in [-0.2, 0) is 17.6 Å². The van der Waals surface area contributed by atoms with Crippen LogP contribution in [0.3, 0.4) is 0 Å². The van der Waals surface area contributed by atoms with E-state index in [2.05, 4.69) is 36.5 Å². The lowest BCUT2D eigenvalue weighted by molar-refractivity contribution is -0.120. The van der Waals surface area contributed by atoms with Crippen LogP contribution in [0.5, 0.6) is 5.75 Å². The van der Waals surface area contributed by atoms with E-state index in [1.54, 1.807) is 12.1 Å². The van der Waals surface area contributed by atoms with E-state index >= 15 is 0 Å². The number of aryl methyl sites for hydroxylation is 2. The number of halogens is 1. The second-order valence-corrected chi connectivity index (χ2v) is 5.81. The minimum absolute atomic E-state index is 0.0315. The van der Waals surface area contributed by atoms with Crippen molar-refractivity contribution in [2.75, 3.05) is 6.54 Å². The van der Waals surface area contributed by atoms with Crippen LogP contribution in [0.15, 0.2) is 42.5 Å². The van der Waals surface area contributed by atoms with Crippen LogP contribution in [-0.4, -0.2) is 17.6 Å². The minimum Gasteiger partial charge on any atom is -0.506 e. The molecule has 0 radical (unpaired) electrons. The van der Waals surface area contributed by atoms with Gasteiger partial charge < -0.3 is 10.4 Å². The van der Waals surface area contributed by atoms with Gasteiger partial charge in [-0.15, -0.1) is 0 Å². The molecule has 0 saturated carbocycles. The van der Waals surface area contributed by atoms with Crippen LogP contribution in [0.4, 0.5) is 0 Å². The van der Waals surface area contributed by atoms with Crippen molar-refractivity contribution in [2.45, 2.75) is 26.2 Å². The number of carbonyl (C=O) groups excluding carboxylic acids is 1. The Morgan fingerprint density at radius 3 is 2.73 bits per heavy atom. The lowest BCUT2D eigenvalue weighted by Gasteiger charge is -2.07. The first-order valence-electron chi connectivity index (χ1n) is 7.34. The third-order valence-corrected chi connectivity index (χ3v) is 3.73. The van der Waals surface area contributed by atoms with E-state index in [-0.39, 0.29) is 23.1 Å². The van der Waals surface area contributed by atoms with E-state index < -0.39 is 0 Å². The molecule has 22 heavy (non-hydrogen) atoms. The van der Waals surface area contributed by atoms with Gasteiger partial charge in [0, 0.05) is 6.54 Å². The van der Waals surface area contributed by atoms with Crippen molar-refractivity contribution in [3.8, 4) is 5.75 Å². The molecule has 0 heterocycles. The Morgan fingerprint density at radius 2 is 2.00 bits per heavy atom. The smallest absolute Gasteiger partial charge is 0.224 e. The second-order valence-electron chi connectivity index (χ2n) is 5.41. The Balaban J connectivity index is 1.72. The number of aromatic hydroxyl groups is 1. The summed E-state index contributed by atoms with van der Waals surface area (Å²) in [6.07, 6.45) is 2.13. The summed E-state index contributed by atoms with van der Waals surface area (Å²) >= 11 is 5.82. The molecule has 0 aliphatic rings. The molecule has 2 N–H and O–H groups in total. The van der Waals surface area contributed by atoms with E-state index in [1.807, 2.05) is 0 Å². The fourth-order valence-corrected chi connectivity index (χ4v) is 2.50. The van der Waals surface area contributed by atoms with Gasteiger partial charge >= 0.3 is 0 Å². The van der Waals surface area contributed by atoms with Crippen molar-refractivity contribution in [2.24, 2.45) is 0 Å². The molecule has 0 spiro atoms. The third kappa shape index (κ3) is 5.08. The minimum atomic E-state index is -0.0361. The average Bonchev–Trinajstić information content (AvgIpc) is 2.48. The molecule has 3 nitrogen and oxygen atoms in total. The fourth-order valence-electron chi connectivity index (χ4n) is 2.30. The summed E-state index contributed by atoms with van der Waals surface area (Å²) in [5.41, 5.74) is 3.34. The normalized spacial score (nSPS) is 10.5. The Bertz CT molecular complexity index is 655. The number of carbonyl (C=O) groups is 1. The molecule has 0 aliphatic carbocycles. The highest BCUT2D eigenvalue weighted by Crippen LogP contribution is 2.23. The van der Waals surface area contributed by atoms with Crippen molar-refractivity contribution in [3.63, 3.8) is 0 Å². The molecular formula is C18H20ClNO2. The molecule has 2 rings (SSSR count).